The Bertz CT molecular complexity index is 2080. The summed E-state index contributed by atoms with van der Waals surface area (Å²) in [6.45, 7) is 21.2. The van der Waals surface area contributed by atoms with Gasteiger partial charge in [-0.3, -0.25) is 9.89 Å². The van der Waals surface area contributed by atoms with Crippen LogP contribution in [0.3, 0.4) is 0 Å². The van der Waals surface area contributed by atoms with Gasteiger partial charge in [0.2, 0.25) is 5.69 Å². The lowest BCUT2D eigenvalue weighted by Crippen LogP contribution is -2.32. The Labute approximate surface area is 308 Å². The lowest BCUT2D eigenvalue weighted by atomic mass is 10.1. The molecule has 3 aromatic carbocycles. The summed E-state index contributed by atoms with van der Waals surface area (Å²) < 4.78 is 24.9. The van der Waals surface area contributed by atoms with Crippen LogP contribution in [0.5, 0.6) is 11.5 Å². The minimum atomic E-state index is -0.743. The number of aromatic amines is 1. The quantitative estimate of drug-likeness (QED) is 0.0554. The molecule has 0 bridgehead atoms. The number of aryl methyl sites for hydroxylation is 3. The summed E-state index contributed by atoms with van der Waals surface area (Å²) in [5.74, 6) is 0.702. The van der Waals surface area contributed by atoms with E-state index in [1.165, 1.54) is 11.8 Å². The highest BCUT2D eigenvalue weighted by Crippen LogP contribution is 2.45. The molecule has 0 fully saturated rings. The van der Waals surface area contributed by atoms with Crippen molar-refractivity contribution in [2.24, 2.45) is 0 Å². The summed E-state index contributed by atoms with van der Waals surface area (Å²) in [5.41, 5.74) is 4.51. The van der Waals surface area contributed by atoms with Gasteiger partial charge in [0.25, 0.3) is 5.91 Å². The molecular formula is C40H45N5O6S. The molecule has 0 spiro atoms. The first-order valence-electron chi connectivity index (χ1n) is 17.5. The molecule has 2 heterocycles. The number of ether oxygens (including phenoxy) is 4. The van der Waals surface area contributed by atoms with Crippen molar-refractivity contribution < 1.29 is 28.5 Å². The van der Waals surface area contributed by atoms with E-state index in [9.17, 15) is 9.59 Å². The predicted octanol–water partition coefficient (Wildman–Crippen LogP) is 9.12. The topological polar surface area (TPSA) is 121 Å². The van der Waals surface area contributed by atoms with Gasteiger partial charge < -0.3 is 24.3 Å². The van der Waals surface area contributed by atoms with Crippen molar-refractivity contribution in [3.63, 3.8) is 0 Å². The second-order valence-corrected chi connectivity index (χ2v) is 13.3. The molecule has 0 aliphatic heterocycles. The second kappa shape index (κ2) is 17.8. The number of rotatable bonds is 17. The molecule has 1 atom stereocenters. The number of aromatic nitrogens is 3. The average Bonchev–Trinajstić information content (AvgIpc) is 3.68. The zero-order valence-corrected chi connectivity index (χ0v) is 31.3. The first-order valence-corrected chi connectivity index (χ1v) is 18.3. The highest BCUT2D eigenvalue weighted by atomic mass is 32.2. The molecule has 272 valence electrons. The monoisotopic (exact) mass is 723 g/mol. The van der Waals surface area contributed by atoms with Crippen LogP contribution in [-0.4, -0.2) is 59.0 Å². The fraction of sp³-hybridized carbons (Fsp3) is 0.350. The van der Waals surface area contributed by atoms with Crippen LogP contribution in [0.15, 0.2) is 70.6 Å². The van der Waals surface area contributed by atoms with Gasteiger partial charge in [0.15, 0.2) is 17.6 Å². The van der Waals surface area contributed by atoms with Gasteiger partial charge in [-0.15, -0.1) is 0 Å². The number of hydrogen-bond donors (Lipinski definition) is 2. The summed E-state index contributed by atoms with van der Waals surface area (Å²) in [6.07, 6.45) is 1.59. The molecule has 0 aliphatic rings. The molecule has 2 N–H and O–H groups in total. The zero-order valence-electron chi connectivity index (χ0n) is 30.5. The van der Waals surface area contributed by atoms with Crippen molar-refractivity contribution in [1.82, 2.24) is 14.6 Å². The van der Waals surface area contributed by atoms with Gasteiger partial charge >= 0.3 is 5.97 Å². The van der Waals surface area contributed by atoms with Gasteiger partial charge in [-0.2, -0.15) is 0 Å². The van der Waals surface area contributed by atoms with E-state index in [0.717, 1.165) is 34.4 Å². The third-order valence-electron chi connectivity index (χ3n) is 8.26. The molecule has 2 aromatic heterocycles. The molecule has 5 rings (SSSR count). The van der Waals surface area contributed by atoms with E-state index in [1.54, 1.807) is 10.6 Å². The van der Waals surface area contributed by atoms with Crippen LogP contribution in [0, 0.1) is 27.3 Å². The molecular weight excluding hydrogens is 679 g/mol. The number of carbonyl (C=O) groups excluding carboxylic acids is 2. The van der Waals surface area contributed by atoms with E-state index in [-0.39, 0.29) is 36.0 Å². The van der Waals surface area contributed by atoms with Crippen molar-refractivity contribution in [2.75, 3.05) is 31.7 Å². The number of H-pyrrole nitrogens is 1. The average molecular weight is 724 g/mol. The fourth-order valence-corrected chi connectivity index (χ4v) is 6.70. The Morgan fingerprint density at radius 2 is 1.73 bits per heavy atom. The summed E-state index contributed by atoms with van der Waals surface area (Å²) in [5, 5.41) is 6.78. The molecule has 1 amide bonds. The standard InChI is InChI=1S/C40H45N5O6S/c1-8-11-20-49-32-19-17-26(5)24-33(32)52-39-35(41-7)34(40(47)50-22-21-48-10-3)37-43-36(44-45(37)39)28-14-12-13-15-29(28)42-38(46)30(9-2)51-31-18-16-25(4)23-27(31)6/h12-19,23-24,30H,8-11,20-22H2,1-6H3,(H,42,46)(H,43,44). The number of fused-ring (bicyclic) bond motifs is 1. The van der Waals surface area contributed by atoms with Crippen molar-refractivity contribution in [2.45, 2.75) is 76.8 Å². The van der Waals surface area contributed by atoms with Gasteiger partial charge in [-0.05, 0) is 82.0 Å². The first kappa shape index (κ1) is 38.0. The number of esters is 1. The number of anilines is 1. The third-order valence-corrected chi connectivity index (χ3v) is 9.37. The smallest absolute Gasteiger partial charge is 0.331 e. The molecule has 1 unspecified atom stereocenters. The minimum Gasteiger partial charge on any atom is -0.492 e. The molecule has 0 radical (unpaired) electrons. The highest BCUT2D eigenvalue weighted by Gasteiger charge is 2.30. The lowest BCUT2D eigenvalue weighted by molar-refractivity contribution is -0.122. The second-order valence-electron chi connectivity index (χ2n) is 12.3. The largest absolute Gasteiger partial charge is 0.492 e. The Kier molecular flexibility index (Phi) is 13.0. The van der Waals surface area contributed by atoms with Crippen molar-refractivity contribution in [1.29, 1.82) is 0 Å². The minimum absolute atomic E-state index is 0.0200. The van der Waals surface area contributed by atoms with Crippen LogP contribution in [0.2, 0.25) is 0 Å². The van der Waals surface area contributed by atoms with Gasteiger partial charge in [0.05, 0.1) is 30.4 Å². The molecule has 52 heavy (non-hydrogen) atoms. The number of carbonyl (C=O) groups is 2. The van der Waals surface area contributed by atoms with Gasteiger partial charge in [-0.1, -0.05) is 67.9 Å². The van der Waals surface area contributed by atoms with Crippen molar-refractivity contribution in [3.05, 3.63) is 94.3 Å². The molecule has 12 heteroatoms. The molecule has 0 aliphatic carbocycles. The number of amides is 1. The van der Waals surface area contributed by atoms with Crippen LogP contribution < -0.4 is 14.8 Å². The summed E-state index contributed by atoms with van der Waals surface area (Å²) >= 11 is 1.30. The maximum absolute atomic E-state index is 13.6. The Hall–Kier alpha value is -5.25. The van der Waals surface area contributed by atoms with E-state index >= 15 is 0 Å². The van der Waals surface area contributed by atoms with Gasteiger partial charge in [0, 0.05) is 12.2 Å². The number of para-hydroxylation sites is 1. The normalized spacial score (nSPS) is 11.6. The number of nitrogens with zero attached hydrogens (tertiary/aromatic N) is 3. The van der Waals surface area contributed by atoms with E-state index in [0.29, 0.717) is 53.2 Å². The molecule has 0 saturated carbocycles. The van der Waals surface area contributed by atoms with E-state index in [4.69, 9.17) is 30.5 Å². The highest BCUT2D eigenvalue weighted by molar-refractivity contribution is 7.99. The number of unbranched alkanes of at least 4 members (excludes halogenated alkanes) is 1. The van der Waals surface area contributed by atoms with Crippen molar-refractivity contribution >= 4 is 40.7 Å². The van der Waals surface area contributed by atoms with Crippen LogP contribution in [-0.2, 0) is 14.3 Å². The number of benzene rings is 3. The maximum Gasteiger partial charge on any atom is 0.331 e. The summed E-state index contributed by atoms with van der Waals surface area (Å²) in [7, 11) is 0. The Morgan fingerprint density at radius 3 is 2.44 bits per heavy atom. The van der Waals surface area contributed by atoms with E-state index < -0.39 is 12.1 Å². The summed E-state index contributed by atoms with van der Waals surface area (Å²) in [6, 6.07) is 19.0. The summed E-state index contributed by atoms with van der Waals surface area (Å²) in [4.78, 5) is 36.7. The Balaban J connectivity index is 1.55. The first-order chi connectivity index (χ1) is 25.2. The number of hydrogen-bond acceptors (Lipinski definition) is 8. The van der Waals surface area contributed by atoms with Crippen LogP contribution >= 0.6 is 11.8 Å². The SMILES string of the molecule is [C-]#[N+]c1c(C(=O)OCCOCC)c2nc(-c3ccccc3NC(=O)C(CC)Oc3ccc(C)cc3C)[nH]n2c1Sc1cc(C)ccc1OCCCC. The van der Waals surface area contributed by atoms with Gasteiger partial charge in [-0.25, -0.2) is 19.1 Å². The van der Waals surface area contributed by atoms with Crippen molar-refractivity contribution in [3.8, 4) is 22.9 Å². The lowest BCUT2D eigenvalue weighted by Gasteiger charge is -2.19. The third kappa shape index (κ3) is 8.78. The molecule has 11 nitrogen and oxygen atoms in total. The van der Waals surface area contributed by atoms with Crippen LogP contribution in [0.25, 0.3) is 21.9 Å². The van der Waals surface area contributed by atoms with E-state index in [2.05, 4.69) is 22.2 Å². The van der Waals surface area contributed by atoms with Crippen LogP contribution in [0.4, 0.5) is 11.4 Å². The van der Waals surface area contributed by atoms with Crippen LogP contribution in [0.1, 0.15) is 67.1 Å². The fourth-order valence-electron chi connectivity index (χ4n) is 5.55. The number of nitrogens with one attached hydrogen (secondary N) is 2. The van der Waals surface area contributed by atoms with E-state index in [1.807, 2.05) is 89.2 Å². The molecule has 0 saturated heterocycles. The van der Waals surface area contributed by atoms with Gasteiger partial charge in [0.1, 0.15) is 28.7 Å². The maximum atomic E-state index is 13.6. The molecule has 5 aromatic rings. The zero-order chi connectivity index (χ0) is 37.2. The predicted molar refractivity (Wildman–Crippen MR) is 203 cm³/mol. The Morgan fingerprint density at radius 1 is 0.981 bits per heavy atom.